The number of nitriles is 1. The number of nitrogens with zero attached hydrogens (tertiary/aromatic N) is 3. The van der Waals surface area contributed by atoms with Gasteiger partial charge in [-0.1, -0.05) is 0 Å². The molecule has 0 saturated heterocycles. The summed E-state index contributed by atoms with van der Waals surface area (Å²) in [4.78, 5) is 47.8. The summed E-state index contributed by atoms with van der Waals surface area (Å²) in [5.74, 6) is -1.10. The van der Waals surface area contributed by atoms with E-state index in [0.717, 1.165) is 11.0 Å². The molecule has 146 valence electrons. The van der Waals surface area contributed by atoms with E-state index in [0.29, 0.717) is 17.7 Å². The molecule has 4 amide bonds. The fourth-order valence-electron chi connectivity index (χ4n) is 2.84. The summed E-state index contributed by atoms with van der Waals surface area (Å²) in [5.41, 5.74) is 0.876. The van der Waals surface area contributed by atoms with E-state index < -0.39 is 22.8 Å². The number of carbonyl (C=O) groups excluding carboxylic acids is 3. The highest BCUT2D eigenvalue weighted by Crippen LogP contribution is 2.26. The Balaban J connectivity index is 1.49. The zero-order chi connectivity index (χ0) is 21.0. The van der Waals surface area contributed by atoms with Crippen molar-refractivity contribution in [3.8, 4) is 6.07 Å². The smallest absolute Gasteiger partial charge is 0.319 e. The highest BCUT2D eigenvalue weighted by atomic mass is 16.6. The Morgan fingerprint density at radius 3 is 2.45 bits per heavy atom. The number of carbonyl (C=O) groups is 3. The molecule has 0 aromatic heterocycles. The lowest BCUT2D eigenvalue weighted by atomic mass is 10.1. The zero-order valence-corrected chi connectivity index (χ0v) is 15.0. The molecule has 29 heavy (non-hydrogen) atoms. The quantitative estimate of drug-likeness (QED) is 0.333. The first-order valence-corrected chi connectivity index (χ1v) is 8.60. The molecule has 0 radical (unpaired) electrons. The third-order valence-corrected chi connectivity index (χ3v) is 4.28. The maximum Gasteiger partial charge on any atom is 0.319 e. The summed E-state index contributed by atoms with van der Waals surface area (Å²) >= 11 is 0. The second kappa shape index (κ2) is 8.18. The van der Waals surface area contributed by atoms with Gasteiger partial charge in [0.25, 0.3) is 17.5 Å². The number of urea groups is 1. The molecule has 2 aromatic rings. The van der Waals surface area contributed by atoms with E-state index in [4.69, 9.17) is 5.26 Å². The molecule has 0 atom stereocenters. The SMILES string of the molecule is N#Cc1ccc(NC(=O)NCCCN2C(=O)c3ccc([N+](=O)[O-])cc3C2=O)cc1. The molecule has 0 spiro atoms. The van der Waals surface area contributed by atoms with Gasteiger partial charge in [0.1, 0.15) is 0 Å². The van der Waals surface area contributed by atoms with Gasteiger partial charge in [-0.25, -0.2) is 4.79 Å². The average Bonchev–Trinajstić information content (AvgIpc) is 2.95. The van der Waals surface area contributed by atoms with Crippen molar-refractivity contribution in [2.75, 3.05) is 18.4 Å². The molecule has 1 aliphatic heterocycles. The first-order valence-electron chi connectivity index (χ1n) is 8.60. The van der Waals surface area contributed by atoms with Gasteiger partial charge in [0, 0.05) is 30.9 Å². The lowest BCUT2D eigenvalue weighted by Gasteiger charge is -2.14. The predicted octanol–water partition coefficient (Wildman–Crippen LogP) is 2.27. The third kappa shape index (κ3) is 4.19. The van der Waals surface area contributed by atoms with Crippen molar-refractivity contribution in [2.24, 2.45) is 0 Å². The van der Waals surface area contributed by atoms with Crippen LogP contribution in [0.15, 0.2) is 42.5 Å². The van der Waals surface area contributed by atoms with Crippen LogP contribution in [0.4, 0.5) is 16.2 Å². The largest absolute Gasteiger partial charge is 0.338 e. The van der Waals surface area contributed by atoms with E-state index in [1.807, 2.05) is 6.07 Å². The van der Waals surface area contributed by atoms with Gasteiger partial charge < -0.3 is 10.6 Å². The Labute approximate surface area is 164 Å². The fraction of sp³-hybridized carbons (Fsp3) is 0.158. The molecule has 0 bridgehead atoms. The van der Waals surface area contributed by atoms with E-state index in [2.05, 4.69) is 10.6 Å². The highest BCUT2D eigenvalue weighted by molar-refractivity contribution is 6.21. The summed E-state index contributed by atoms with van der Waals surface area (Å²) in [7, 11) is 0. The Morgan fingerprint density at radius 2 is 1.79 bits per heavy atom. The molecule has 1 aliphatic rings. The first kappa shape index (κ1) is 19.5. The number of hydrogen-bond donors (Lipinski definition) is 2. The molecule has 1 heterocycles. The maximum atomic E-state index is 12.4. The first-order chi connectivity index (χ1) is 13.9. The van der Waals surface area contributed by atoms with E-state index in [-0.39, 0.29) is 29.9 Å². The Hall–Kier alpha value is -4.26. The van der Waals surface area contributed by atoms with Crippen LogP contribution in [-0.4, -0.2) is 40.8 Å². The number of nitro groups is 1. The minimum absolute atomic E-state index is 0.00992. The van der Waals surface area contributed by atoms with Gasteiger partial charge in [-0.3, -0.25) is 24.6 Å². The van der Waals surface area contributed by atoms with Crippen molar-refractivity contribution in [3.63, 3.8) is 0 Å². The molecule has 2 aromatic carbocycles. The number of amides is 4. The number of fused-ring (bicyclic) bond motifs is 1. The van der Waals surface area contributed by atoms with Gasteiger partial charge in [0.2, 0.25) is 0 Å². The zero-order valence-electron chi connectivity index (χ0n) is 15.0. The van der Waals surface area contributed by atoms with Crippen LogP contribution in [0.3, 0.4) is 0 Å². The summed E-state index contributed by atoms with van der Waals surface area (Å²) in [5, 5.41) is 24.8. The van der Waals surface area contributed by atoms with Crippen molar-refractivity contribution in [2.45, 2.75) is 6.42 Å². The second-order valence-electron chi connectivity index (χ2n) is 6.17. The van der Waals surface area contributed by atoms with E-state index >= 15 is 0 Å². The highest BCUT2D eigenvalue weighted by Gasteiger charge is 2.36. The standard InChI is InChI=1S/C19H15N5O5/c20-11-12-2-4-13(5-3-12)22-19(27)21-8-1-9-23-17(25)15-7-6-14(24(28)29)10-16(15)18(23)26/h2-7,10H,1,8-9H2,(H2,21,22,27). The van der Waals surface area contributed by atoms with Gasteiger partial charge >= 0.3 is 6.03 Å². The van der Waals surface area contributed by atoms with E-state index in [9.17, 15) is 24.5 Å². The summed E-state index contributed by atoms with van der Waals surface area (Å²) < 4.78 is 0. The molecule has 3 rings (SSSR count). The normalized spacial score (nSPS) is 12.3. The molecule has 0 unspecified atom stereocenters. The molecule has 0 aliphatic carbocycles. The third-order valence-electron chi connectivity index (χ3n) is 4.28. The molecular weight excluding hydrogens is 378 g/mol. The summed E-state index contributed by atoms with van der Waals surface area (Å²) in [6.45, 7) is 0.271. The predicted molar refractivity (Wildman–Crippen MR) is 101 cm³/mol. The number of hydrogen-bond acceptors (Lipinski definition) is 6. The van der Waals surface area contributed by atoms with Gasteiger partial charge in [-0.2, -0.15) is 5.26 Å². The van der Waals surface area contributed by atoms with Crippen LogP contribution in [0, 0.1) is 21.4 Å². The topological polar surface area (TPSA) is 145 Å². The molecular formula is C19H15N5O5. The van der Waals surface area contributed by atoms with Crippen LogP contribution >= 0.6 is 0 Å². The van der Waals surface area contributed by atoms with E-state index in [1.165, 1.54) is 12.1 Å². The van der Waals surface area contributed by atoms with Gasteiger partial charge in [0.15, 0.2) is 0 Å². The maximum absolute atomic E-state index is 12.4. The van der Waals surface area contributed by atoms with Gasteiger partial charge in [-0.05, 0) is 36.8 Å². The van der Waals surface area contributed by atoms with Crippen LogP contribution in [-0.2, 0) is 0 Å². The number of benzene rings is 2. The summed E-state index contributed by atoms with van der Waals surface area (Å²) in [6.07, 6.45) is 0.314. The van der Waals surface area contributed by atoms with Crippen LogP contribution < -0.4 is 10.6 Å². The minimum Gasteiger partial charge on any atom is -0.338 e. The second-order valence-corrected chi connectivity index (χ2v) is 6.17. The average molecular weight is 393 g/mol. The number of non-ortho nitro benzene ring substituents is 1. The van der Waals surface area contributed by atoms with Crippen LogP contribution in [0.2, 0.25) is 0 Å². The Morgan fingerprint density at radius 1 is 1.10 bits per heavy atom. The number of anilines is 1. The lowest BCUT2D eigenvalue weighted by Crippen LogP contribution is -2.35. The number of rotatable bonds is 6. The molecule has 2 N–H and O–H groups in total. The Kier molecular flexibility index (Phi) is 5.50. The summed E-state index contributed by atoms with van der Waals surface area (Å²) in [6, 6.07) is 11.4. The van der Waals surface area contributed by atoms with Crippen LogP contribution in [0.1, 0.15) is 32.7 Å². The number of nitro benzene ring substituents is 1. The minimum atomic E-state index is -0.628. The Bertz CT molecular complexity index is 1040. The van der Waals surface area contributed by atoms with E-state index in [1.54, 1.807) is 24.3 Å². The van der Waals surface area contributed by atoms with Crippen molar-refractivity contribution in [3.05, 3.63) is 69.3 Å². The van der Waals surface area contributed by atoms with Crippen LogP contribution in [0.25, 0.3) is 0 Å². The van der Waals surface area contributed by atoms with Gasteiger partial charge in [0.05, 0.1) is 27.7 Å². The fourth-order valence-corrected chi connectivity index (χ4v) is 2.84. The number of nitrogens with one attached hydrogen (secondary N) is 2. The lowest BCUT2D eigenvalue weighted by molar-refractivity contribution is -0.384. The van der Waals surface area contributed by atoms with Crippen molar-refractivity contribution < 1.29 is 19.3 Å². The van der Waals surface area contributed by atoms with Crippen LogP contribution in [0.5, 0.6) is 0 Å². The molecule has 0 saturated carbocycles. The molecule has 10 nitrogen and oxygen atoms in total. The van der Waals surface area contributed by atoms with Crippen molar-refractivity contribution in [1.29, 1.82) is 5.26 Å². The number of imide groups is 1. The van der Waals surface area contributed by atoms with Gasteiger partial charge in [-0.15, -0.1) is 0 Å². The monoisotopic (exact) mass is 393 g/mol. The molecule has 0 fully saturated rings. The molecule has 10 heteroatoms. The van der Waals surface area contributed by atoms with Crippen molar-refractivity contribution in [1.82, 2.24) is 10.2 Å². The van der Waals surface area contributed by atoms with Crippen molar-refractivity contribution >= 4 is 29.2 Å².